The van der Waals surface area contributed by atoms with Crippen LogP contribution >= 0.6 is 11.3 Å². The molecule has 1 atom stereocenters. The SMILES string of the molecule is C[Si](C)(C)C1=[C]2[Bi]=[c]3sc([Si](C)(C)C)cc3=C2[S+](c2ccccc2)C1. The van der Waals surface area contributed by atoms with Crippen LogP contribution in [-0.2, 0) is 10.9 Å². The van der Waals surface area contributed by atoms with Crippen LogP contribution in [0.1, 0.15) is 0 Å². The number of thiophene rings is 1. The van der Waals surface area contributed by atoms with Crippen LogP contribution in [0.25, 0.3) is 4.91 Å². The molecule has 0 N–H and O–H groups in total. The van der Waals surface area contributed by atoms with Crippen molar-refractivity contribution in [2.24, 2.45) is 0 Å². The summed E-state index contributed by atoms with van der Waals surface area (Å²) < 4.78 is 5.49. The quantitative estimate of drug-likeness (QED) is 0.369. The van der Waals surface area contributed by atoms with Gasteiger partial charge in [-0.15, -0.1) is 0 Å². The van der Waals surface area contributed by atoms with Crippen molar-refractivity contribution in [1.29, 1.82) is 0 Å². The van der Waals surface area contributed by atoms with Crippen LogP contribution in [0.3, 0.4) is 0 Å². The zero-order valence-corrected chi connectivity index (χ0v) is 23.0. The van der Waals surface area contributed by atoms with E-state index in [9.17, 15) is 0 Å². The minimum atomic E-state index is -1.22. The van der Waals surface area contributed by atoms with Gasteiger partial charge in [-0.1, -0.05) is 0 Å². The fraction of sp³-hybridized carbons (Fsp3) is 0.350. The summed E-state index contributed by atoms with van der Waals surface area (Å²) in [6.45, 7) is 15.2. The summed E-state index contributed by atoms with van der Waals surface area (Å²) in [6.07, 6.45) is 0. The second-order valence-electron chi connectivity index (χ2n) is 8.95. The van der Waals surface area contributed by atoms with Crippen molar-refractivity contribution < 1.29 is 0 Å². The monoisotopic (exact) mass is 595 g/mol. The van der Waals surface area contributed by atoms with Gasteiger partial charge in [-0.3, -0.25) is 0 Å². The van der Waals surface area contributed by atoms with Gasteiger partial charge in [-0.2, -0.15) is 0 Å². The zero-order chi connectivity index (χ0) is 18.0. The molecule has 2 aliphatic rings. The topological polar surface area (TPSA) is 0 Å². The molecule has 2 aromatic rings. The Kier molecular flexibility index (Phi) is 4.73. The van der Waals surface area contributed by atoms with Crippen LogP contribution in [0.4, 0.5) is 0 Å². The maximum atomic E-state index is 2.63. The Hall–Kier alpha value is 0.197. The Morgan fingerprint density at radius 3 is 2.24 bits per heavy atom. The Morgan fingerprint density at radius 2 is 1.64 bits per heavy atom. The molecule has 0 amide bonds. The van der Waals surface area contributed by atoms with Gasteiger partial charge in [0.2, 0.25) is 0 Å². The number of rotatable bonds is 3. The second kappa shape index (κ2) is 6.37. The first kappa shape index (κ1) is 18.6. The molecule has 0 aliphatic carbocycles. The van der Waals surface area contributed by atoms with E-state index in [1.807, 2.05) is 10.6 Å². The molecule has 3 heterocycles. The third-order valence-electron chi connectivity index (χ3n) is 4.88. The van der Waals surface area contributed by atoms with Gasteiger partial charge in [0, 0.05) is 0 Å². The Balaban J connectivity index is 1.97. The first-order chi connectivity index (χ1) is 11.7. The standard InChI is InChI=1S/C20H26S2Si2.Bi/c1-23(2,3)18-13-19(16-12-20(21-14-16)24(4,5)6)22(15-18)17-10-8-7-9-11-17;/h7-12H,15H2,1-6H3;/q+1;. The van der Waals surface area contributed by atoms with Crippen LogP contribution in [0, 0.1) is 2.17 Å². The normalized spacial score (nSPS) is 19.9. The summed E-state index contributed by atoms with van der Waals surface area (Å²) in [7, 11) is -2.12. The summed E-state index contributed by atoms with van der Waals surface area (Å²) in [5, 5.41) is 3.62. The van der Waals surface area contributed by atoms with Gasteiger partial charge in [0.15, 0.2) is 0 Å². The summed E-state index contributed by atoms with van der Waals surface area (Å²) >= 11 is 1.50. The molecule has 2 aliphatic heterocycles. The number of benzene rings is 1. The summed E-state index contributed by atoms with van der Waals surface area (Å²) in [6, 6.07) is 14.0. The van der Waals surface area contributed by atoms with Gasteiger partial charge < -0.3 is 0 Å². The molecule has 0 bridgehead atoms. The Morgan fingerprint density at radius 1 is 0.960 bits per heavy atom. The molecule has 0 spiro atoms. The van der Waals surface area contributed by atoms with Gasteiger partial charge in [-0.25, -0.2) is 0 Å². The zero-order valence-electron chi connectivity index (χ0n) is 15.9. The Labute approximate surface area is 171 Å². The molecule has 4 rings (SSSR count). The number of hydrogen-bond acceptors (Lipinski definition) is 1. The van der Waals surface area contributed by atoms with E-state index in [0.29, 0.717) is 10.9 Å². The van der Waals surface area contributed by atoms with Crippen molar-refractivity contribution >= 4 is 70.5 Å². The van der Waals surface area contributed by atoms with Crippen LogP contribution in [0.15, 0.2) is 49.8 Å². The second-order valence-corrected chi connectivity index (χ2v) is 28.0. The van der Waals surface area contributed by atoms with Crippen LogP contribution in [0.5, 0.6) is 0 Å². The van der Waals surface area contributed by atoms with E-state index in [-0.39, 0.29) is 0 Å². The predicted molar refractivity (Wildman–Crippen MR) is 122 cm³/mol. The number of hydrogen-bond donors (Lipinski definition) is 0. The summed E-state index contributed by atoms with van der Waals surface area (Å²) in [5.74, 6) is 1.34. The summed E-state index contributed by atoms with van der Waals surface area (Å²) in [5.41, 5.74) is 0. The Bertz CT molecular complexity index is 989. The molecule has 0 nitrogen and oxygen atoms in total. The molecule has 1 unspecified atom stereocenters. The molecule has 0 fully saturated rings. The fourth-order valence-corrected chi connectivity index (χ4v) is 25.6. The van der Waals surface area contributed by atoms with Crippen LogP contribution < -0.4 is 9.72 Å². The summed E-state index contributed by atoms with van der Waals surface area (Å²) in [4.78, 5) is 3.37. The van der Waals surface area contributed by atoms with Crippen molar-refractivity contribution in [3.63, 3.8) is 0 Å². The molecule has 0 saturated carbocycles. The molecule has 5 heteroatoms. The molecular weight excluding hydrogens is 570 g/mol. The van der Waals surface area contributed by atoms with E-state index in [1.54, 1.807) is 19.5 Å². The van der Waals surface area contributed by atoms with Crippen molar-refractivity contribution in [2.75, 3.05) is 5.75 Å². The van der Waals surface area contributed by atoms with E-state index >= 15 is 0 Å². The first-order valence-electron chi connectivity index (χ1n) is 8.89. The van der Waals surface area contributed by atoms with E-state index in [2.05, 4.69) is 87.0 Å². The van der Waals surface area contributed by atoms with Crippen molar-refractivity contribution in [3.8, 4) is 0 Å². The molecule has 1 aromatic carbocycles. The van der Waals surface area contributed by atoms with Gasteiger partial charge in [0.1, 0.15) is 0 Å². The molecular formula is C20H26BiS2Si2+. The van der Waals surface area contributed by atoms with E-state index in [1.165, 1.54) is 5.75 Å². The van der Waals surface area contributed by atoms with Gasteiger partial charge in [0.25, 0.3) is 0 Å². The maximum absolute atomic E-state index is 2.63. The molecule has 130 valence electrons. The minimum absolute atomic E-state index is 0.297. The van der Waals surface area contributed by atoms with Crippen LogP contribution in [0.2, 0.25) is 39.3 Å². The van der Waals surface area contributed by atoms with Gasteiger partial charge >= 0.3 is 173 Å². The predicted octanol–water partition coefficient (Wildman–Crippen LogP) is 4.19. The first-order valence-corrected chi connectivity index (χ1v) is 21.6. The van der Waals surface area contributed by atoms with Gasteiger partial charge in [-0.05, 0) is 0 Å². The van der Waals surface area contributed by atoms with Gasteiger partial charge in [0.05, 0.1) is 0 Å². The van der Waals surface area contributed by atoms with E-state index in [4.69, 9.17) is 0 Å². The molecule has 1 aromatic heterocycles. The van der Waals surface area contributed by atoms with E-state index < -0.39 is 38.9 Å². The van der Waals surface area contributed by atoms with Crippen LogP contribution in [-0.4, -0.2) is 44.7 Å². The van der Waals surface area contributed by atoms with Crippen molar-refractivity contribution in [2.45, 2.75) is 44.2 Å². The third kappa shape index (κ3) is 3.29. The van der Waals surface area contributed by atoms with Crippen molar-refractivity contribution in [1.82, 2.24) is 0 Å². The molecule has 25 heavy (non-hydrogen) atoms. The van der Waals surface area contributed by atoms with E-state index in [0.717, 1.165) is 0 Å². The number of fused-ring (bicyclic) bond motifs is 2. The fourth-order valence-electron chi connectivity index (χ4n) is 3.37. The molecule has 0 saturated heterocycles. The molecule has 0 radical (unpaired) electrons. The average molecular weight is 596 g/mol. The third-order valence-corrected chi connectivity index (χ3v) is 22.1. The van der Waals surface area contributed by atoms with Crippen molar-refractivity contribution in [3.05, 3.63) is 52.3 Å². The average Bonchev–Trinajstić information content (AvgIpc) is 3.15.